The van der Waals surface area contributed by atoms with E-state index < -0.39 is 6.10 Å². The van der Waals surface area contributed by atoms with Gasteiger partial charge in [-0.1, -0.05) is 5.16 Å². The van der Waals surface area contributed by atoms with E-state index in [-0.39, 0.29) is 18.0 Å². The summed E-state index contributed by atoms with van der Waals surface area (Å²) in [6, 6.07) is 8.45. The summed E-state index contributed by atoms with van der Waals surface area (Å²) < 4.78 is 30.0. The third kappa shape index (κ3) is 4.97. The predicted octanol–water partition coefficient (Wildman–Crippen LogP) is 2.70. The second kappa shape index (κ2) is 9.13. The van der Waals surface area contributed by atoms with Crippen LogP contribution in [-0.4, -0.2) is 54.4 Å². The van der Waals surface area contributed by atoms with Gasteiger partial charge in [0, 0.05) is 43.9 Å². The zero-order valence-corrected chi connectivity index (χ0v) is 15.9. The van der Waals surface area contributed by atoms with Crippen LogP contribution in [0.3, 0.4) is 0 Å². The lowest BCUT2D eigenvalue weighted by Crippen LogP contribution is -2.48. The minimum absolute atomic E-state index is 0.00365. The molecule has 3 atom stereocenters. The number of ether oxygens (including phenoxy) is 2. The number of nitrogens with zero attached hydrogens (tertiary/aromatic N) is 1. The first-order chi connectivity index (χ1) is 13.7. The first-order valence-corrected chi connectivity index (χ1v) is 10.0. The van der Waals surface area contributed by atoms with Crippen LogP contribution in [0.15, 0.2) is 34.9 Å². The molecule has 7 heteroatoms. The number of aliphatic hydroxyl groups is 1. The number of aromatic nitrogens is 1. The molecule has 2 N–H and O–H groups in total. The highest BCUT2D eigenvalue weighted by molar-refractivity contribution is 5.57. The van der Waals surface area contributed by atoms with Gasteiger partial charge in [0.15, 0.2) is 5.76 Å². The molecule has 1 aromatic carbocycles. The van der Waals surface area contributed by atoms with Gasteiger partial charge in [0.1, 0.15) is 5.82 Å². The first kappa shape index (κ1) is 19.5. The zero-order valence-electron chi connectivity index (χ0n) is 15.9. The molecular formula is C21H27FN2O4. The molecule has 0 aliphatic carbocycles. The van der Waals surface area contributed by atoms with E-state index in [1.165, 1.54) is 12.1 Å². The molecule has 0 bridgehead atoms. The van der Waals surface area contributed by atoms with Crippen molar-refractivity contribution in [3.8, 4) is 11.3 Å². The Morgan fingerprint density at radius 1 is 1.11 bits per heavy atom. The van der Waals surface area contributed by atoms with Crippen molar-refractivity contribution in [2.75, 3.05) is 19.8 Å². The highest BCUT2D eigenvalue weighted by Crippen LogP contribution is 2.25. The topological polar surface area (TPSA) is 76.8 Å². The van der Waals surface area contributed by atoms with Gasteiger partial charge in [0.05, 0.1) is 24.0 Å². The molecule has 1 aromatic heterocycles. The number of hydrogen-bond donors (Lipinski definition) is 2. The quantitative estimate of drug-likeness (QED) is 0.790. The van der Waals surface area contributed by atoms with Crippen LogP contribution in [0.25, 0.3) is 11.3 Å². The Balaban J connectivity index is 1.31. The van der Waals surface area contributed by atoms with Crippen LogP contribution in [0.4, 0.5) is 4.39 Å². The minimum atomic E-state index is -0.448. The van der Waals surface area contributed by atoms with Crippen LogP contribution < -0.4 is 5.32 Å². The number of halogens is 1. The van der Waals surface area contributed by atoms with Crippen LogP contribution in [0, 0.1) is 5.82 Å². The van der Waals surface area contributed by atoms with E-state index in [0.717, 1.165) is 43.7 Å². The zero-order chi connectivity index (χ0) is 19.3. The summed E-state index contributed by atoms with van der Waals surface area (Å²) in [6.07, 6.45) is 3.46. The Kier molecular flexibility index (Phi) is 6.36. The van der Waals surface area contributed by atoms with Crippen molar-refractivity contribution in [3.05, 3.63) is 41.8 Å². The molecule has 2 aliphatic heterocycles. The first-order valence-electron chi connectivity index (χ1n) is 10.0. The average molecular weight is 390 g/mol. The minimum Gasteiger partial charge on any atom is -0.390 e. The molecule has 2 saturated heterocycles. The molecule has 2 fully saturated rings. The van der Waals surface area contributed by atoms with Crippen molar-refractivity contribution in [2.45, 2.75) is 56.5 Å². The van der Waals surface area contributed by atoms with Crippen LogP contribution in [-0.2, 0) is 15.9 Å². The van der Waals surface area contributed by atoms with Crippen molar-refractivity contribution in [1.82, 2.24) is 10.5 Å². The van der Waals surface area contributed by atoms with Gasteiger partial charge in [0.25, 0.3) is 0 Å². The van der Waals surface area contributed by atoms with Gasteiger partial charge in [-0.3, -0.25) is 0 Å². The van der Waals surface area contributed by atoms with Gasteiger partial charge in [-0.2, -0.15) is 0 Å². The lowest BCUT2D eigenvalue weighted by atomic mass is 9.97. The van der Waals surface area contributed by atoms with Crippen molar-refractivity contribution >= 4 is 0 Å². The van der Waals surface area contributed by atoms with Gasteiger partial charge in [0.2, 0.25) is 0 Å². The third-order valence-corrected chi connectivity index (χ3v) is 5.53. The molecule has 28 heavy (non-hydrogen) atoms. The molecule has 3 heterocycles. The van der Waals surface area contributed by atoms with E-state index in [1.54, 1.807) is 12.1 Å². The molecule has 0 amide bonds. The maximum atomic E-state index is 13.1. The van der Waals surface area contributed by atoms with Gasteiger partial charge >= 0.3 is 0 Å². The Morgan fingerprint density at radius 3 is 2.68 bits per heavy atom. The molecule has 0 radical (unpaired) electrons. The molecule has 2 aliphatic rings. The molecule has 0 saturated carbocycles. The van der Waals surface area contributed by atoms with Crippen LogP contribution >= 0.6 is 0 Å². The molecule has 6 nitrogen and oxygen atoms in total. The number of aliphatic hydroxyl groups excluding tert-OH is 1. The SMILES string of the molecule is OC1CCC(Cc2cc(-c3ccc(F)cc3)on2)OC1CNC1CCOCC1. The highest BCUT2D eigenvalue weighted by atomic mass is 19.1. The van der Waals surface area contributed by atoms with E-state index in [0.29, 0.717) is 31.2 Å². The van der Waals surface area contributed by atoms with Gasteiger partial charge < -0.3 is 24.4 Å². The number of benzene rings is 1. The molecule has 2 aromatic rings. The summed E-state index contributed by atoms with van der Waals surface area (Å²) in [6.45, 7) is 2.22. The van der Waals surface area contributed by atoms with Crippen molar-refractivity contribution in [1.29, 1.82) is 0 Å². The largest absolute Gasteiger partial charge is 0.390 e. The normalized spacial score (nSPS) is 26.4. The second-order valence-electron chi connectivity index (χ2n) is 7.63. The maximum absolute atomic E-state index is 13.1. The molecule has 3 unspecified atom stereocenters. The number of hydrogen-bond acceptors (Lipinski definition) is 6. The maximum Gasteiger partial charge on any atom is 0.167 e. The standard InChI is InChI=1S/C21H27FN2O4/c22-15-3-1-14(2-4-15)20-12-17(24-28-20)11-18-5-6-19(25)21(27-18)13-23-16-7-9-26-10-8-16/h1-4,12,16,18-19,21,23,25H,5-11,13H2. The lowest BCUT2D eigenvalue weighted by molar-refractivity contribution is -0.116. The number of nitrogens with one attached hydrogen (secondary N) is 1. The Hall–Kier alpha value is -1.80. The third-order valence-electron chi connectivity index (χ3n) is 5.53. The van der Waals surface area contributed by atoms with Gasteiger partial charge in [-0.25, -0.2) is 4.39 Å². The number of rotatable bonds is 6. The summed E-state index contributed by atoms with van der Waals surface area (Å²) in [5, 5.41) is 17.9. The van der Waals surface area contributed by atoms with E-state index >= 15 is 0 Å². The lowest BCUT2D eigenvalue weighted by Gasteiger charge is -2.35. The van der Waals surface area contributed by atoms with E-state index in [2.05, 4.69) is 10.5 Å². The van der Waals surface area contributed by atoms with Crippen LogP contribution in [0.1, 0.15) is 31.4 Å². The second-order valence-corrected chi connectivity index (χ2v) is 7.63. The molecule has 4 rings (SSSR count). The van der Waals surface area contributed by atoms with Crippen LogP contribution in [0.5, 0.6) is 0 Å². The van der Waals surface area contributed by atoms with E-state index in [4.69, 9.17) is 14.0 Å². The summed E-state index contributed by atoms with van der Waals surface area (Å²) in [4.78, 5) is 0. The molecule has 152 valence electrons. The van der Waals surface area contributed by atoms with Gasteiger partial charge in [-0.15, -0.1) is 0 Å². The van der Waals surface area contributed by atoms with Crippen molar-refractivity contribution < 1.29 is 23.5 Å². The summed E-state index contributed by atoms with van der Waals surface area (Å²) >= 11 is 0. The van der Waals surface area contributed by atoms with Crippen molar-refractivity contribution in [3.63, 3.8) is 0 Å². The Morgan fingerprint density at radius 2 is 1.89 bits per heavy atom. The highest BCUT2D eigenvalue weighted by Gasteiger charge is 2.31. The monoisotopic (exact) mass is 390 g/mol. The summed E-state index contributed by atoms with van der Waals surface area (Å²) in [5.74, 6) is 0.335. The Labute approximate surface area is 164 Å². The fourth-order valence-corrected chi connectivity index (χ4v) is 3.86. The van der Waals surface area contributed by atoms with Crippen LogP contribution in [0.2, 0.25) is 0 Å². The summed E-state index contributed by atoms with van der Waals surface area (Å²) in [7, 11) is 0. The fourth-order valence-electron chi connectivity index (χ4n) is 3.86. The molecule has 0 spiro atoms. The predicted molar refractivity (Wildman–Crippen MR) is 101 cm³/mol. The average Bonchev–Trinajstić information content (AvgIpc) is 3.18. The van der Waals surface area contributed by atoms with E-state index in [9.17, 15) is 9.50 Å². The smallest absolute Gasteiger partial charge is 0.167 e. The van der Waals surface area contributed by atoms with Crippen molar-refractivity contribution in [2.24, 2.45) is 0 Å². The summed E-state index contributed by atoms with van der Waals surface area (Å²) in [5.41, 5.74) is 1.59. The fraction of sp³-hybridized carbons (Fsp3) is 0.571. The Bertz CT molecular complexity index is 745. The van der Waals surface area contributed by atoms with E-state index in [1.807, 2.05) is 6.07 Å². The molecular weight excluding hydrogens is 363 g/mol. The van der Waals surface area contributed by atoms with Gasteiger partial charge in [-0.05, 0) is 49.9 Å².